The second kappa shape index (κ2) is 6.28. The van der Waals surface area contributed by atoms with Crippen LogP contribution in [0.2, 0.25) is 10.0 Å². The minimum Gasteiger partial charge on any atom is -0.506 e. The van der Waals surface area contributed by atoms with Crippen LogP contribution in [0.3, 0.4) is 0 Å². The molecular weight excluding hydrogens is 408 g/mol. The van der Waals surface area contributed by atoms with E-state index in [0.29, 0.717) is 0 Å². The minimum atomic E-state index is -4.64. The number of hydrogen-bond donors (Lipinski definition) is 2. The van der Waals surface area contributed by atoms with Crippen molar-refractivity contribution in [3.63, 3.8) is 0 Å². The number of aliphatic hydroxyl groups is 1. The molecule has 0 saturated heterocycles. The zero-order valence-corrected chi connectivity index (χ0v) is 13.8. The van der Waals surface area contributed by atoms with Crippen LogP contribution < -0.4 is 0 Å². The molecule has 0 atom stereocenters. The first-order valence-electron chi connectivity index (χ1n) is 5.84. The maximum atomic E-state index is 13.0. The summed E-state index contributed by atoms with van der Waals surface area (Å²) in [4.78, 5) is 0. The highest BCUT2D eigenvalue weighted by atomic mass is 79.9. The molecule has 0 unspecified atom stereocenters. The fourth-order valence-corrected chi connectivity index (χ4v) is 3.06. The third kappa shape index (κ3) is 3.20. The van der Waals surface area contributed by atoms with E-state index in [1.54, 1.807) is 0 Å². The van der Waals surface area contributed by atoms with Gasteiger partial charge in [-0.15, -0.1) is 0 Å². The highest BCUT2D eigenvalue weighted by molar-refractivity contribution is 9.10. The van der Waals surface area contributed by atoms with Crippen molar-refractivity contribution in [1.29, 1.82) is 0 Å². The van der Waals surface area contributed by atoms with Gasteiger partial charge < -0.3 is 10.2 Å². The Bertz CT molecular complexity index is 733. The lowest BCUT2D eigenvalue weighted by Gasteiger charge is -2.16. The largest absolute Gasteiger partial charge is 0.506 e. The van der Waals surface area contributed by atoms with Crippen molar-refractivity contribution in [3.05, 3.63) is 49.9 Å². The summed E-state index contributed by atoms with van der Waals surface area (Å²) < 4.78 is 39.1. The Balaban J connectivity index is 2.78. The van der Waals surface area contributed by atoms with Gasteiger partial charge in [-0.1, -0.05) is 29.3 Å². The van der Waals surface area contributed by atoms with E-state index in [4.69, 9.17) is 23.2 Å². The Morgan fingerprint density at radius 2 is 1.73 bits per heavy atom. The summed E-state index contributed by atoms with van der Waals surface area (Å²) in [5.41, 5.74) is -0.852. The molecule has 0 aliphatic carbocycles. The zero-order chi connectivity index (χ0) is 16.7. The number of alkyl halides is 3. The molecule has 22 heavy (non-hydrogen) atoms. The van der Waals surface area contributed by atoms with E-state index in [1.807, 2.05) is 0 Å². The number of aliphatic hydroxyl groups excluding tert-OH is 1. The van der Waals surface area contributed by atoms with Gasteiger partial charge in [-0.3, -0.25) is 0 Å². The number of halogens is 6. The van der Waals surface area contributed by atoms with E-state index in [9.17, 15) is 23.4 Å². The van der Waals surface area contributed by atoms with Crippen LogP contribution in [0.5, 0.6) is 5.75 Å². The summed E-state index contributed by atoms with van der Waals surface area (Å²) in [7, 11) is 0. The van der Waals surface area contributed by atoms with Crippen LogP contribution in [0.15, 0.2) is 28.7 Å². The molecule has 0 aliphatic rings. The van der Waals surface area contributed by atoms with Crippen LogP contribution in [0.4, 0.5) is 13.2 Å². The highest BCUT2D eigenvalue weighted by Crippen LogP contribution is 2.44. The Morgan fingerprint density at radius 3 is 2.27 bits per heavy atom. The normalized spacial score (nSPS) is 11.8. The second-order valence-electron chi connectivity index (χ2n) is 4.39. The molecule has 0 radical (unpaired) electrons. The van der Waals surface area contributed by atoms with Crippen molar-refractivity contribution in [1.82, 2.24) is 0 Å². The van der Waals surface area contributed by atoms with Crippen LogP contribution in [0.1, 0.15) is 11.1 Å². The number of aromatic hydroxyl groups is 1. The van der Waals surface area contributed by atoms with Crippen LogP contribution in [-0.2, 0) is 12.8 Å². The molecule has 0 amide bonds. The molecule has 0 aliphatic heterocycles. The van der Waals surface area contributed by atoms with E-state index < -0.39 is 23.4 Å². The average Bonchev–Trinajstić information content (AvgIpc) is 2.42. The monoisotopic (exact) mass is 414 g/mol. The SMILES string of the molecule is OCc1c(Cl)cc(Br)c(O)c1-c1ccc(Cl)c(C(F)(F)F)c1. The smallest absolute Gasteiger partial charge is 0.417 e. The summed E-state index contributed by atoms with van der Waals surface area (Å²) in [5, 5.41) is 19.2. The van der Waals surface area contributed by atoms with Gasteiger partial charge in [-0.25, -0.2) is 0 Å². The first-order valence-corrected chi connectivity index (χ1v) is 7.39. The van der Waals surface area contributed by atoms with Gasteiger partial charge in [0.2, 0.25) is 0 Å². The predicted molar refractivity (Wildman–Crippen MR) is 82.2 cm³/mol. The first-order chi connectivity index (χ1) is 10.2. The van der Waals surface area contributed by atoms with Gasteiger partial charge in [0.15, 0.2) is 0 Å². The number of hydrogen-bond acceptors (Lipinski definition) is 2. The maximum Gasteiger partial charge on any atom is 0.417 e. The number of phenols is 1. The lowest BCUT2D eigenvalue weighted by atomic mass is 9.97. The van der Waals surface area contributed by atoms with Crippen molar-refractivity contribution in [2.75, 3.05) is 0 Å². The van der Waals surface area contributed by atoms with Crippen LogP contribution in [-0.4, -0.2) is 10.2 Å². The molecule has 0 fully saturated rings. The molecule has 2 aromatic rings. The van der Waals surface area contributed by atoms with Gasteiger partial charge in [-0.2, -0.15) is 13.2 Å². The Hall–Kier alpha value is -0.950. The third-order valence-electron chi connectivity index (χ3n) is 3.03. The molecule has 2 rings (SSSR count). The second-order valence-corrected chi connectivity index (χ2v) is 6.06. The summed E-state index contributed by atoms with van der Waals surface area (Å²) in [6.07, 6.45) is -4.64. The number of rotatable bonds is 2. The topological polar surface area (TPSA) is 40.5 Å². The molecule has 8 heteroatoms. The van der Waals surface area contributed by atoms with Gasteiger partial charge in [0, 0.05) is 16.1 Å². The van der Waals surface area contributed by atoms with E-state index >= 15 is 0 Å². The molecule has 2 aromatic carbocycles. The van der Waals surface area contributed by atoms with E-state index in [2.05, 4.69) is 15.9 Å². The highest BCUT2D eigenvalue weighted by Gasteiger charge is 2.34. The van der Waals surface area contributed by atoms with E-state index in [0.717, 1.165) is 12.1 Å². The molecule has 118 valence electrons. The Labute approximate surface area is 142 Å². The van der Waals surface area contributed by atoms with Crippen molar-refractivity contribution in [2.45, 2.75) is 12.8 Å². The zero-order valence-electron chi connectivity index (χ0n) is 10.7. The summed E-state index contributed by atoms with van der Waals surface area (Å²) >= 11 is 14.6. The fraction of sp³-hybridized carbons (Fsp3) is 0.143. The van der Waals surface area contributed by atoms with Gasteiger partial charge >= 0.3 is 6.18 Å². The average molecular weight is 416 g/mol. The van der Waals surface area contributed by atoms with Gasteiger partial charge in [-0.05, 0) is 39.7 Å². The molecule has 0 heterocycles. The van der Waals surface area contributed by atoms with Crippen molar-refractivity contribution >= 4 is 39.1 Å². The molecule has 2 nitrogen and oxygen atoms in total. The van der Waals surface area contributed by atoms with E-state index in [1.165, 1.54) is 12.1 Å². The quantitative estimate of drug-likeness (QED) is 0.666. The standard InChI is InChI=1S/C14H8BrCl2F3O2/c15-9-4-11(17)7(5-21)12(13(9)22)6-1-2-10(16)8(3-6)14(18,19)20/h1-4,21-22H,5H2. The molecule has 0 bridgehead atoms. The van der Waals surface area contributed by atoms with Crippen LogP contribution in [0.25, 0.3) is 11.1 Å². The maximum absolute atomic E-state index is 13.0. The number of phenolic OH excluding ortho intramolecular Hbond substituents is 1. The van der Waals surface area contributed by atoms with Gasteiger partial charge in [0.05, 0.1) is 21.7 Å². The summed E-state index contributed by atoms with van der Waals surface area (Å²) in [6.45, 7) is -0.543. The first kappa shape index (κ1) is 17.4. The molecule has 0 spiro atoms. The lowest BCUT2D eigenvalue weighted by Crippen LogP contribution is -2.06. The fourth-order valence-electron chi connectivity index (χ4n) is 2.01. The summed E-state index contributed by atoms with van der Waals surface area (Å²) in [6, 6.07) is 4.55. The van der Waals surface area contributed by atoms with Crippen LogP contribution >= 0.6 is 39.1 Å². The minimum absolute atomic E-state index is 0.0176. The molecular formula is C14H8BrCl2F3O2. The van der Waals surface area contributed by atoms with Crippen molar-refractivity contribution in [2.24, 2.45) is 0 Å². The summed E-state index contributed by atoms with van der Waals surface area (Å²) in [5.74, 6) is -0.316. The Kier molecular flexibility index (Phi) is 4.96. The van der Waals surface area contributed by atoms with Gasteiger partial charge in [0.25, 0.3) is 0 Å². The number of benzene rings is 2. The van der Waals surface area contributed by atoms with E-state index in [-0.39, 0.29) is 31.9 Å². The third-order valence-corrected chi connectivity index (χ3v) is 4.30. The predicted octanol–water partition coefficient (Wildman–Crippen LogP) is 5.64. The Morgan fingerprint density at radius 1 is 1.09 bits per heavy atom. The van der Waals surface area contributed by atoms with Crippen molar-refractivity contribution in [3.8, 4) is 16.9 Å². The van der Waals surface area contributed by atoms with Gasteiger partial charge in [0.1, 0.15) is 5.75 Å². The molecule has 2 N–H and O–H groups in total. The molecule has 0 saturated carbocycles. The van der Waals surface area contributed by atoms with Crippen molar-refractivity contribution < 1.29 is 23.4 Å². The molecule has 0 aromatic heterocycles. The lowest BCUT2D eigenvalue weighted by molar-refractivity contribution is -0.137. The van der Waals surface area contributed by atoms with Crippen LogP contribution in [0, 0.1) is 0 Å².